The Morgan fingerprint density at radius 2 is 2.08 bits per heavy atom. The molecule has 1 atom stereocenters. The maximum atomic E-state index is 13.7. The number of rotatable bonds is 5. The predicted octanol–water partition coefficient (Wildman–Crippen LogP) is 2.98. The van der Waals surface area contributed by atoms with Gasteiger partial charge in [0.25, 0.3) is 5.91 Å². The number of hydrogen-bond donors (Lipinski definition) is 1. The zero-order valence-corrected chi connectivity index (χ0v) is 13.1. The van der Waals surface area contributed by atoms with Crippen molar-refractivity contribution in [1.29, 1.82) is 0 Å². The Kier molecular flexibility index (Phi) is 5.46. The number of benzene rings is 1. The average molecular weight is 346 g/mol. The van der Waals surface area contributed by atoms with Gasteiger partial charge >= 0.3 is 6.18 Å². The molecule has 0 spiro atoms. The van der Waals surface area contributed by atoms with E-state index in [9.17, 15) is 27.2 Å². The summed E-state index contributed by atoms with van der Waals surface area (Å²) in [4.78, 5) is 25.2. The first-order valence-corrected chi connectivity index (χ1v) is 7.64. The molecule has 24 heavy (non-hydrogen) atoms. The lowest BCUT2D eigenvalue weighted by Gasteiger charge is -2.20. The SMILES string of the molecule is C[C@H](CCN1CCCC1=O)NC(=O)c1cc(C(F)(F)F)ccc1F. The molecule has 0 bridgehead atoms. The van der Waals surface area contributed by atoms with Crippen LogP contribution in [-0.2, 0) is 11.0 Å². The summed E-state index contributed by atoms with van der Waals surface area (Å²) in [6, 6.07) is 1.32. The van der Waals surface area contributed by atoms with Crippen molar-refractivity contribution in [3.63, 3.8) is 0 Å². The molecule has 1 fully saturated rings. The van der Waals surface area contributed by atoms with E-state index >= 15 is 0 Å². The third kappa shape index (κ3) is 4.46. The second-order valence-corrected chi connectivity index (χ2v) is 5.84. The number of likely N-dealkylation sites (tertiary alicyclic amines) is 1. The number of nitrogens with zero attached hydrogens (tertiary/aromatic N) is 1. The summed E-state index contributed by atoms with van der Waals surface area (Å²) in [5.41, 5.74) is -1.72. The van der Waals surface area contributed by atoms with E-state index in [0.29, 0.717) is 44.1 Å². The molecule has 132 valence electrons. The summed E-state index contributed by atoms with van der Waals surface area (Å²) in [5.74, 6) is -1.86. The highest BCUT2D eigenvalue weighted by molar-refractivity contribution is 5.94. The van der Waals surface area contributed by atoms with Gasteiger partial charge in [0.2, 0.25) is 5.91 Å². The van der Waals surface area contributed by atoms with Gasteiger partial charge in [-0.25, -0.2) is 4.39 Å². The molecule has 1 aromatic rings. The van der Waals surface area contributed by atoms with Crippen LogP contribution in [0.25, 0.3) is 0 Å². The van der Waals surface area contributed by atoms with Gasteiger partial charge in [-0.2, -0.15) is 13.2 Å². The topological polar surface area (TPSA) is 49.4 Å². The molecule has 1 aromatic carbocycles. The van der Waals surface area contributed by atoms with Crippen molar-refractivity contribution in [3.05, 3.63) is 35.1 Å². The third-order valence-corrected chi connectivity index (χ3v) is 3.92. The van der Waals surface area contributed by atoms with Crippen molar-refractivity contribution in [3.8, 4) is 0 Å². The first kappa shape index (κ1) is 18.2. The van der Waals surface area contributed by atoms with Gasteiger partial charge in [-0.1, -0.05) is 0 Å². The minimum Gasteiger partial charge on any atom is -0.349 e. The Bertz CT molecular complexity index is 631. The van der Waals surface area contributed by atoms with Crippen molar-refractivity contribution in [1.82, 2.24) is 10.2 Å². The minimum atomic E-state index is -4.65. The van der Waals surface area contributed by atoms with E-state index in [1.807, 2.05) is 0 Å². The molecule has 0 unspecified atom stereocenters. The number of nitrogens with one attached hydrogen (secondary N) is 1. The molecule has 0 aromatic heterocycles. The fourth-order valence-corrected chi connectivity index (χ4v) is 2.54. The molecule has 0 radical (unpaired) electrons. The lowest BCUT2D eigenvalue weighted by atomic mass is 10.1. The monoisotopic (exact) mass is 346 g/mol. The normalized spacial score (nSPS) is 16.4. The van der Waals surface area contributed by atoms with E-state index in [0.717, 1.165) is 6.42 Å². The summed E-state index contributed by atoms with van der Waals surface area (Å²) in [7, 11) is 0. The summed E-state index contributed by atoms with van der Waals surface area (Å²) in [6.45, 7) is 2.77. The number of hydrogen-bond acceptors (Lipinski definition) is 2. The first-order valence-electron chi connectivity index (χ1n) is 7.64. The summed E-state index contributed by atoms with van der Waals surface area (Å²) in [5, 5.41) is 2.47. The van der Waals surface area contributed by atoms with Crippen LogP contribution in [0.2, 0.25) is 0 Å². The Labute approximate surface area is 136 Å². The molecule has 2 amide bonds. The van der Waals surface area contributed by atoms with Crippen LogP contribution >= 0.6 is 0 Å². The Morgan fingerprint density at radius 3 is 2.67 bits per heavy atom. The Hall–Kier alpha value is -2.12. The summed E-state index contributed by atoms with van der Waals surface area (Å²) < 4.78 is 51.7. The zero-order chi connectivity index (χ0) is 17.9. The molecule has 1 saturated heterocycles. The van der Waals surface area contributed by atoms with Crippen LogP contribution in [0.3, 0.4) is 0 Å². The summed E-state index contributed by atoms with van der Waals surface area (Å²) >= 11 is 0. The minimum absolute atomic E-state index is 0.0532. The van der Waals surface area contributed by atoms with E-state index in [1.165, 1.54) is 0 Å². The molecule has 0 saturated carbocycles. The van der Waals surface area contributed by atoms with Gasteiger partial charge in [0.15, 0.2) is 0 Å². The highest BCUT2D eigenvalue weighted by Crippen LogP contribution is 2.30. The maximum absolute atomic E-state index is 13.7. The van der Waals surface area contributed by atoms with E-state index in [-0.39, 0.29) is 5.91 Å². The van der Waals surface area contributed by atoms with Gasteiger partial charge in [-0.3, -0.25) is 9.59 Å². The van der Waals surface area contributed by atoms with Crippen molar-refractivity contribution in [2.24, 2.45) is 0 Å². The maximum Gasteiger partial charge on any atom is 0.416 e. The fraction of sp³-hybridized carbons (Fsp3) is 0.500. The zero-order valence-electron chi connectivity index (χ0n) is 13.1. The van der Waals surface area contributed by atoms with Crippen molar-refractivity contribution < 1.29 is 27.2 Å². The number of amides is 2. The molecular weight excluding hydrogens is 328 g/mol. The van der Waals surface area contributed by atoms with Crippen LogP contribution in [0.1, 0.15) is 42.1 Å². The molecule has 8 heteroatoms. The Balaban J connectivity index is 1.97. The third-order valence-electron chi connectivity index (χ3n) is 3.92. The van der Waals surface area contributed by atoms with Gasteiger partial charge in [0.05, 0.1) is 11.1 Å². The number of halogens is 4. The summed E-state index contributed by atoms with van der Waals surface area (Å²) in [6.07, 6.45) is -2.90. The van der Waals surface area contributed by atoms with E-state index in [4.69, 9.17) is 0 Å². The van der Waals surface area contributed by atoms with Crippen LogP contribution in [0.5, 0.6) is 0 Å². The highest BCUT2D eigenvalue weighted by atomic mass is 19.4. The Morgan fingerprint density at radius 1 is 1.38 bits per heavy atom. The number of alkyl halides is 3. The van der Waals surface area contributed by atoms with Crippen LogP contribution in [0, 0.1) is 5.82 Å². The molecule has 1 heterocycles. The van der Waals surface area contributed by atoms with Gasteiger partial charge in [-0.05, 0) is 38.0 Å². The average Bonchev–Trinajstić information content (AvgIpc) is 2.89. The predicted molar refractivity (Wildman–Crippen MR) is 78.8 cm³/mol. The second kappa shape index (κ2) is 7.19. The largest absolute Gasteiger partial charge is 0.416 e. The molecule has 1 aliphatic rings. The number of carbonyl (C=O) groups excluding carboxylic acids is 2. The molecular formula is C16H18F4N2O2. The molecule has 0 aliphatic carbocycles. The standard InChI is InChI=1S/C16H18F4N2O2/c1-10(6-8-22-7-2-3-14(22)23)21-15(24)12-9-11(16(18,19)20)4-5-13(12)17/h4-5,9-10H,2-3,6-8H2,1H3,(H,21,24)/t10-/m1/s1. The molecule has 2 rings (SSSR count). The van der Waals surface area contributed by atoms with Crippen molar-refractivity contribution in [2.45, 2.75) is 38.4 Å². The van der Waals surface area contributed by atoms with Crippen molar-refractivity contribution >= 4 is 11.8 Å². The van der Waals surface area contributed by atoms with Crippen LogP contribution in [-0.4, -0.2) is 35.8 Å². The number of carbonyl (C=O) groups is 2. The lowest BCUT2D eigenvalue weighted by Crippen LogP contribution is -2.37. The van der Waals surface area contributed by atoms with E-state index in [1.54, 1.807) is 11.8 Å². The van der Waals surface area contributed by atoms with E-state index < -0.39 is 35.1 Å². The molecule has 4 nitrogen and oxygen atoms in total. The smallest absolute Gasteiger partial charge is 0.349 e. The van der Waals surface area contributed by atoms with Gasteiger partial charge in [0.1, 0.15) is 5.82 Å². The second-order valence-electron chi connectivity index (χ2n) is 5.84. The fourth-order valence-electron chi connectivity index (χ4n) is 2.54. The molecule has 1 N–H and O–H groups in total. The lowest BCUT2D eigenvalue weighted by molar-refractivity contribution is -0.137. The highest BCUT2D eigenvalue weighted by Gasteiger charge is 2.32. The van der Waals surface area contributed by atoms with Gasteiger partial charge in [-0.15, -0.1) is 0 Å². The van der Waals surface area contributed by atoms with Crippen molar-refractivity contribution in [2.75, 3.05) is 13.1 Å². The van der Waals surface area contributed by atoms with Crippen LogP contribution in [0.4, 0.5) is 17.6 Å². The van der Waals surface area contributed by atoms with Gasteiger partial charge in [0, 0.05) is 25.6 Å². The first-order chi connectivity index (χ1) is 11.2. The quantitative estimate of drug-likeness (QED) is 0.834. The van der Waals surface area contributed by atoms with Gasteiger partial charge < -0.3 is 10.2 Å². The van der Waals surface area contributed by atoms with Crippen LogP contribution < -0.4 is 5.32 Å². The molecule has 1 aliphatic heterocycles. The van der Waals surface area contributed by atoms with E-state index in [2.05, 4.69) is 5.32 Å². The van der Waals surface area contributed by atoms with Crippen LogP contribution in [0.15, 0.2) is 18.2 Å².